The minimum absolute atomic E-state index is 0.818. The standard InChI is InChI=1S/C16H20N2/c1-3-14-6-4-5-7-15(14)11-17-12-16-9-8-13(2)10-18-16/h4-10,17H,3,11-12H2,1-2H3. The van der Waals surface area contributed by atoms with Gasteiger partial charge in [-0.25, -0.2) is 0 Å². The lowest BCUT2D eigenvalue weighted by molar-refractivity contribution is 0.675. The summed E-state index contributed by atoms with van der Waals surface area (Å²) in [5, 5.41) is 3.45. The topological polar surface area (TPSA) is 24.9 Å². The van der Waals surface area contributed by atoms with Crippen LogP contribution in [0.5, 0.6) is 0 Å². The molecule has 0 aliphatic carbocycles. The van der Waals surface area contributed by atoms with Gasteiger partial charge in [-0.05, 0) is 36.1 Å². The zero-order valence-electron chi connectivity index (χ0n) is 11.1. The normalized spacial score (nSPS) is 10.6. The molecule has 0 fully saturated rings. The van der Waals surface area contributed by atoms with Gasteiger partial charge in [-0.1, -0.05) is 37.3 Å². The molecular weight excluding hydrogens is 220 g/mol. The Morgan fingerprint density at radius 1 is 1.00 bits per heavy atom. The van der Waals surface area contributed by atoms with Gasteiger partial charge in [-0.15, -0.1) is 0 Å². The summed E-state index contributed by atoms with van der Waals surface area (Å²) in [6.45, 7) is 5.97. The molecule has 0 unspecified atom stereocenters. The predicted octanol–water partition coefficient (Wildman–Crippen LogP) is 3.24. The van der Waals surface area contributed by atoms with Gasteiger partial charge >= 0.3 is 0 Å². The minimum Gasteiger partial charge on any atom is -0.307 e. The zero-order valence-corrected chi connectivity index (χ0v) is 11.1. The fraction of sp³-hybridized carbons (Fsp3) is 0.312. The second-order valence-corrected chi connectivity index (χ2v) is 4.55. The second-order valence-electron chi connectivity index (χ2n) is 4.55. The molecule has 2 nitrogen and oxygen atoms in total. The van der Waals surface area contributed by atoms with Crippen molar-refractivity contribution in [3.8, 4) is 0 Å². The molecule has 18 heavy (non-hydrogen) atoms. The molecule has 0 atom stereocenters. The second kappa shape index (κ2) is 6.31. The lowest BCUT2D eigenvalue weighted by Crippen LogP contribution is -2.14. The van der Waals surface area contributed by atoms with Crippen molar-refractivity contribution in [1.29, 1.82) is 0 Å². The van der Waals surface area contributed by atoms with Crippen LogP contribution >= 0.6 is 0 Å². The van der Waals surface area contributed by atoms with Crippen molar-refractivity contribution in [3.05, 3.63) is 65.0 Å². The molecule has 0 saturated carbocycles. The van der Waals surface area contributed by atoms with Crippen molar-refractivity contribution >= 4 is 0 Å². The predicted molar refractivity (Wildman–Crippen MR) is 75.3 cm³/mol. The van der Waals surface area contributed by atoms with E-state index in [4.69, 9.17) is 0 Å². The van der Waals surface area contributed by atoms with Gasteiger partial charge < -0.3 is 5.32 Å². The van der Waals surface area contributed by atoms with Gasteiger partial charge in [-0.2, -0.15) is 0 Å². The molecule has 0 spiro atoms. The Balaban J connectivity index is 1.90. The molecule has 0 bridgehead atoms. The maximum Gasteiger partial charge on any atom is 0.0541 e. The van der Waals surface area contributed by atoms with Crippen LogP contribution in [0.25, 0.3) is 0 Å². The lowest BCUT2D eigenvalue weighted by Gasteiger charge is -2.09. The summed E-state index contributed by atoms with van der Waals surface area (Å²) < 4.78 is 0. The van der Waals surface area contributed by atoms with Crippen molar-refractivity contribution in [3.63, 3.8) is 0 Å². The molecule has 1 heterocycles. The Labute approximate surface area is 109 Å². The summed E-state index contributed by atoms with van der Waals surface area (Å²) in [6.07, 6.45) is 3.00. The number of hydrogen-bond donors (Lipinski definition) is 1. The highest BCUT2D eigenvalue weighted by atomic mass is 14.9. The maximum absolute atomic E-state index is 4.39. The maximum atomic E-state index is 4.39. The van der Waals surface area contributed by atoms with E-state index in [1.165, 1.54) is 16.7 Å². The number of aryl methyl sites for hydroxylation is 2. The molecule has 0 aliphatic rings. The van der Waals surface area contributed by atoms with E-state index in [0.717, 1.165) is 25.2 Å². The summed E-state index contributed by atoms with van der Waals surface area (Å²) in [7, 11) is 0. The minimum atomic E-state index is 0.818. The van der Waals surface area contributed by atoms with Gasteiger partial charge in [0.15, 0.2) is 0 Å². The first kappa shape index (κ1) is 12.8. The lowest BCUT2D eigenvalue weighted by atomic mass is 10.1. The van der Waals surface area contributed by atoms with Crippen LogP contribution in [0.2, 0.25) is 0 Å². The van der Waals surface area contributed by atoms with Gasteiger partial charge in [0.2, 0.25) is 0 Å². The van der Waals surface area contributed by atoms with Gasteiger partial charge in [0.05, 0.1) is 5.69 Å². The van der Waals surface area contributed by atoms with E-state index in [-0.39, 0.29) is 0 Å². The average Bonchev–Trinajstić information content (AvgIpc) is 2.41. The fourth-order valence-electron chi connectivity index (χ4n) is 2.00. The number of nitrogens with one attached hydrogen (secondary N) is 1. The third-order valence-electron chi connectivity index (χ3n) is 3.09. The number of benzene rings is 1. The van der Waals surface area contributed by atoms with Crippen LogP contribution in [0.3, 0.4) is 0 Å². The SMILES string of the molecule is CCc1ccccc1CNCc1ccc(C)cn1. The van der Waals surface area contributed by atoms with Crippen LogP contribution in [0.1, 0.15) is 29.3 Å². The number of rotatable bonds is 5. The number of nitrogens with zero attached hydrogens (tertiary/aromatic N) is 1. The molecule has 0 radical (unpaired) electrons. The van der Waals surface area contributed by atoms with Crippen LogP contribution in [0, 0.1) is 6.92 Å². The van der Waals surface area contributed by atoms with Gasteiger partial charge in [0.25, 0.3) is 0 Å². The fourth-order valence-corrected chi connectivity index (χ4v) is 2.00. The van der Waals surface area contributed by atoms with E-state index >= 15 is 0 Å². The molecule has 2 aromatic rings. The van der Waals surface area contributed by atoms with E-state index in [1.54, 1.807) is 0 Å². The summed E-state index contributed by atoms with van der Waals surface area (Å²) >= 11 is 0. The van der Waals surface area contributed by atoms with Gasteiger partial charge in [0, 0.05) is 19.3 Å². The molecule has 2 rings (SSSR count). The third-order valence-corrected chi connectivity index (χ3v) is 3.09. The van der Waals surface area contributed by atoms with Crippen molar-refractivity contribution in [2.45, 2.75) is 33.4 Å². The van der Waals surface area contributed by atoms with Gasteiger partial charge in [-0.3, -0.25) is 4.98 Å². The van der Waals surface area contributed by atoms with E-state index in [1.807, 2.05) is 6.20 Å². The summed E-state index contributed by atoms with van der Waals surface area (Å²) in [5.74, 6) is 0. The van der Waals surface area contributed by atoms with Gasteiger partial charge in [0.1, 0.15) is 0 Å². The molecule has 0 amide bonds. The Kier molecular flexibility index (Phi) is 4.48. The Bertz CT molecular complexity index is 489. The number of aromatic nitrogens is 1. The van der Waals surface area contributed by atoms with Crippen molar-refractivity contribution < 1.29 is 0 Å². The first-order chi connectivity index (χ1) is 8.79. The highest BCUT2D eigenvalue weighted by molar-refractivity contribution is 5.26. The van der Waals surface area contributed by atoms with Crippen LogP contribution in [-0.2, 0) is 19.5 Å². The summed E-state index contributed by atoms with van der Waals surface area (Å²) in [6, 6.07) is 12.8. The van der Waals surface area contributed by atoms with Crippen molar-refractivity contribution in [2.24, 2.45) is 0 Å². The molecule has 0 saturated heterocycles. The number of pyridine rings is 1. The third kappa shape index (κ3) is 3.41. The molecule has 1 aromatic heterocycles. The Hall–Kier alpha value is -1.67. The average molecular weight is 240 g/mol. The molecule has 2 heteroatoms. The first-order valence-corrected chi connectivity index (χ1v) is 6.48. The van der Waals surface area contributed by atoms with E-state index in [9.17, 15) is 0 Å². The summed E-state index contributed by atoms with van der Waals surface area (Å²) in [4.78, 5) is 4.39. The highest BCUT2D eigenvalue weighted by Gasteiger charge is 1.99. The Morgan fingerprint density at radius 2 is 1.78 bits per heavy atom. The van der Waals surface area contributed by atoms with Crippen LogP contribution in [0.15, 0.2) is 42.6 Å². The first-order valence-electron chi connectivity index (χ1n) is 6.48. The molecule has 1 aromatic carbocycles. The van der Waals surface area contributed by atoms with Crippen molar-refractivity contribution in [2.75, 3.05) is 0 Å². The molecule has 0 aliphatic heterocycles. The van der Waals surface area contributed by atoms with Crippen LogP contribution in [0.4, 0.5) is 0 Å². The number of hydrogen-bond acceptors (Lipinski definition) is 2. The highest BCUT2D eigenvalue weighted by Crippen LogP contribution is 2.09. The van der Waals surface area contributed by atoms with Crippen molar-refractivity contribution in [1.82, 2.24) is 10.3 Å². The van der Waals surface area contributed by atoms with Crippen LogP contribution < -0.4 is 5.32 Å². The zero-order chi connectivity index (χ0) is 12.8. The van der Waals surface area contributed by atoms with E-state index in [2.05, 4.69) is 60.5 Å². The van der Waals surface area contributed by atoms with E-state index < -0.39 is 0 Å². The summed E-state index contributed by atoms with van der Waals surface area (Å²) in [5.41, 5.74) is 5.10. The van der Waals surface area contributed by atoms with E-state index in [0.29, 0.717) is 0 Å². The molecular formula is C16H20N2. The largest absolute Gasteiger partial charge is 0.307 e. The Morgan fingerprint density at radius 3 is 2.44 bits per heavy atom. The quantitative estimate of drug-likeness (QED) is 0.868. The smallest absolute Gasteiger partial charge is 0.0541 e. The molecule has 94 valence electrons. The monoisotopic (exact) mass is 240 g/mol. The van der Waals surface area contributed by atoms with Crippen LogP contribution in [-0.4, -0.2) is 4.98 Å². The molecule has 1 N–H and O–H groups in total.